The average molecular weight is 308 g/mol. The van der Waals surface area contributed by atoms with Crippen molar-refractivity contribution in [3.05, 3.63) is 35.9 Å². The summed E-state index contributed by atoms with van der Waals surface area (Å²) in [5.41, 5.74) is 0.826. The van der Waals surface area contributed by atoms with E-state index < -0.39 is 11.0 Å². The molecule has 0 heterocycles. The standard InChI is InChI=1S/C10H13BrOSe/c1-13(2,11)8-10(12)9-6-4-3-5-7-9/h3-7H,8H2,1-2H3. The summed E-state index contributed by atoms with van der Waals surface area (Å²) in [6.45, 7) is 0. The molecule has 1 aromatic carbocycles. The third-order valence-electron chi connectivity index (χ3n) is 1.57. The second kappa shape index (κ2) is 4.41. The zero-order valence-electron chi connectivity index (χ0n) is 7.79. The van der Waals surface area contributed by atoms with Crippen LogP contribution >= 0.6 is 14.1 Å². The van der Waals surface area contributed by atoms with Crippen LogP contribution in [0.2, 0.25) is 17.0 Å². The van der Waals surface area contributed by atoms with Crippen LogP contribution in [0, 0.1) is 0 Å². The van der Waals surface area contributed by atoms with Crippen LogP contribution < -0.4 is 0 Å². The Balaban J connectivity index is 2.71. The van der Waals surface area contributed by atoms with Gasteiger partial charge in [0.05, 0.1) is 0 Å². The Morgan fingerprint density at radius 1 is 1.31 bits per heavy atom. The number of ketones is 1. The van der Waals surface area contributed by atoms with Gasteiger partial charge in [0.25, 0.3) is 0 Å². The molecular formula is C10H13BrOSe. The molecule has 0 saturated heterocycles. The fourth-order valence-corrected chi connectivity index (χ4v) is 3.76. The first-order valence-corrected chi connectivity index (χ1v) is 12.6. The second-order valence-electron chi connectivity index (χ2n) is 3.34. The van der Waals surface area contributed by atoms with E-state index in [0.29, 0.717) is 5.32 Å². The van der Waals surface area contributed by atoms with Gasteiger partial charge in [-0.2, -0.15) is 0 Å². The van der Waals surface area contributed by atoms with E-state index in [-0.39, 0.29) is 5.78 Å². The van der Waals surface area contributed by atoms with Crippen molar-refractivity contribution >= 4 is 30.9 Å². The zero-order chi connectivity index (χ0) is 9.90. The van der Waals surface area contributed by atoms with E-state index in [1.165, 1.54) is 0 Å². The van der Waals surface area contributed by atoms with Crippen LogP contribution in [-0.2, 0) is 0 Å². The fraction of sp³-hybridized carbons (Fsp3) is 0.300. The minimum atomic E-state index is -1.61. The first kappa shape index (κ1) is 11.0. The Labute approximate surface area is 88.5 Å². The Bertz CT molecular complexity index is 290. The van der Waals surface area contributed by atoms with Gasteiger partial charge in [-0.15, -0.1) is 0 Å². The van der Waals surface area contributed by atoms with E-state index in [1.54, 1.807) is 0 Å². The van der Waals surface area contributed by atoms with Crippen molar-refractivity contribution in [2.45, 2.75) is 17.0 Å². The van der Waals surface area contributed by atoms with Crippen molar-refractivity contribution < 1.29 is 4.79 Å². The van der Waals surface area contributed by atoms with Gasteiger partial charge in [0.1, 0.15) is 0 Å². The topological polar surface area (TPSA) is 17.1 Å². The molecular weight excluding hydrogens is 295 g/mol. The SMILES string of the molecule is C[Se](C)(Br)CC(=O)c1ccccc1. The number of carbonyl (C=O) groups is 1. The number of hydrogen-bond acceptors (Lipinski definition) is 1. The predicted octanol–water partition coefficient (Wildman–Crippen LogP) is 3.47. The maximum absolute atomic E-state index is 11.7. The number of carbonyl (C=O) groups excluding carboxylic acids is 1. The first-order chi connectivity index (χ1) is 5.99. The predicted molar refractivity (Wildman–Crippen MR) is 62.0 cm³/mol. The maximum atomic E-state index is 11.7. The van der Waals surface area contributed by atoms with Gasteiger partial charge < -0.3 is 0 Å². The Hall–Kier alpha value is -0.111. The minimum absolute atomic E-state index is 0.252. The van der Waals surface area contributed by atoms with Gasteiger partial charge in [-0.1, -0.05) is 0 Å². The third kappa shape index (κ3) is 4.08. The van der Waals surface area contributed by atoms with Gasteiger partial charge in [0.2, 0.25) is 0 Å². The summed E-state index contributed by atoms with van der Waals surface area (Å²) in [5.74, 6) is 4.55. The van der Waals surface area contributed by atoms with Crippen LogP contribution in [0.3, 0.4) is 0 Å². The number of hydrogen-bond donors (Lipinski definition) is 0. The summed E-state index contributed by atoms with van der Waals surface area (Å²) in [6.07, 6.45) is 0. The van der Waals surface area contributed by atoms with Gasteiger partial charge >= 0.3 is 88.6 Å². The van der Waals surface area contributed by atoms with Gasteiger partial charge in [-0.3, -0.25) is 0 Å². The molecule has 1 nitrogen and oxygen atoms in total. The Kier molecular flexibility index (Phi) is 3.72. The van der Waals surface area contributed by atoms with Crippen molar-refractivity contribution in [3.8, 4) is 0 Å². The molecule has 0 N–H and O–H groups in total. The molecule has 0 fully saturated rings. The molecule has 0 atom stereocenters. The number of benzene rings is 1. The summed E-state index contributed by atoms with van der Waals surface area (Å²) in [5, 5.41) is 0.681. The molecule has 0 saturated carbocycles. The molecule has 0 unspecified atom stereocenters. The normalized spacial score (nSPS) is 12.5. The molecule has 0 aliphatic carbocycles. The molecule has 1 rings (SSSR count). The quantitative estimate of drug-likeness (QED) is 0.617. The van der Waals surface area contributed by atoms with Crippen LogP contribution in [0.4, 0.5) is 0 Å². The van der Waals surface area contributed by atoms with Crippen LogP contribution in [0.25, 0.3) is 0 Å². The average Bonchev–Trinajstić information content (AvgIpc) is 2.03. The molecule has 0 bridgehead atoms. The molecule has 1 aromatic rings. The summed E-state index contributed by atoms with van der Waals surface area (Å²) < 4.78 is 0. The molecule has 0 aliphatic heterocycles. The van der Waals surface area contributed by atoms with E-state index in [9.17, 15) is 4.79 Å². The van der Waals surface area contributed by atoms with E-state index in [2.05, 4.69) is 25.8 Å². The van der Waals surface area contributed by atoms with E-state index in [0.717, 1.165) is 5.56 Å². The van der Waals surface area contributed by atoms with E-state index in [4.69, 9.17) is 0 Å². The van der Waals surface area contributed by atoms with E-state index in [1.807, 2.05) is 30.3 Å². The molecule has 0 aliphatic rings. The summed E-state index contributed by atoms with van der Waals surface area (Å²) in [6, 6.07) is 9.47. The molecule has 3 heteroatoms. The number of halogens is 1. The molecule has 13 heavy (non-hydrogen) atoms. The zero-order valence-corrected chi connectivity index (χ0v) is 11.1. The Morgan fingerprint density at radius 2 is 1.85 bits per heavy atom. The van der Waals surface area contributed by atoms with Gasteiger partial charge in [0.15, 0.2) is 0 Å². The first-order valence-electron chi connectivity index (χ1n) is 3.98. The van der Waals surface area contributed by atoms with Crippen molar-refractivity contribution in [1.82, 2.24) is 0 Å². The van der Waals surface area contributed by atoms with Gasteiger partial charge in [-0.05, 0) is 0 Å². The van der Waals surface area contributed by atoms with Crippen LogP contribution in [-0.4, -0.2) is 16.8 Å². The van der Waals surface area contributed by atoms with Crippen LogP contribution in [0.5, 0.6) is 0 Å². The third-order valence-corrected chi connectivity index (χ3v) is 4.75. The monoisotopic (exact) mass is 308 g/mol. The molecule has 0 amide bonds. The van der Waals surface area contributed by atoms with Crippen LogP contribution in [0.1, 0.15) is 10.4 Å². The van der Waals surface area contributed by atoms with Crippen LogP contribution in [0.15, 0.2) is 30.3 Å². The number of Topliss-reactive ketones (excluding diaryl/α,β-unsaturated/α-hetero) is 1. The van der Waals surface area contributed by atoms with Gasteiger partial charge in [0, 0.05) is 0 Å². The van der Waals surface area contributed by atoms with Crippen molar-refractivity contribution in [1.29, 1.82) is 0 Å². The number of rotatable bonds is 3. The summed E-state index contributed by atoms with van der Waals surface area (Å²) in [7, 11) is 0. The van der Waals surface area contributed by atoms with Crippen molar-refractivity contribution in [2.24, 2.45) is 0 Å². The summed E-state index contributed by atoms with van der Waals surface area (Å²) >= 11 is 2.01. The fourth-order valence-electron chi connectivity index (χ4n) is 1.02. The molecule has 0 aromatic heterocycles. The molecule has 0 spiro atoms. The molecule has 72 valence electrons. The van der Waals surface area contributed by atoms with E-state index >= 15 is 0 Å². The van der Waals surface area contributed by atoms with Crippen molar-refractivity contribution in [3.63, 3.8) is 0 Å². The van der Waals surface area contributed by atoms with Gasteiger partial charge in [-0.25, -0.2) is 0 Å². The molecule has 0 radical (unpaired) electrons. The Morgan fingerprint density at radius 3 is 2.31 bits per heavy atom. The van der Waals surface area contributed by atoms with Crippen molar-refractivity contribution in [2.75, 3.05) is 0 Å². The second-order valence-corrected chi connectivity index (χ2v) is 18.9. The summed E-state index contributed by atoms with van der Waals surface area (Å²) in [4.78, 5) is 11.7.